The van der Waals surface area contributed by atoms with E-state index in [0.717, 1.165) is 11.3 Å². The molecular formula is C9H5F3S2. The normalized spacial score (nSPS) is 11.5. The Morgan fingerprint density at radius 3 is 2.64 bits per heavy atom. The molecule has 0 N–H and O–H groups in total. The van der Waals surface area contributed by atoms with Crippen LogP contribution in [-0.4, -0.2) is 0 Å². The zero-order valence-electron chi connectivity index (χ0n) is 6.80. The van der Waals surface area contributed by atoms with Crippen molar-refractivity contribution in [3.63, 3.8) is 0 Å². The molecule has 2 aromatic rings. The predicted octanol–water partition coefficient (Wildman–Crippen LogP) is 4.27. The third-order valence-corrected chi connectivity index (χ3v) is 3.34. The molecule has 0 aliphatic carbocycles. The first kappa shape index (κ1) is 9.86. The van der Waals surface area contributed by atoms with Crippen molar-refractivity contribution in [2.45, 2.75) is 11.3 Å². The Bertz CT molecular complexity index is 476. The Labute approximate surface area is 87.8 Å². The van der Waals surface area contributed by atoms with Crippen LogP contribution in [0.4, 0.5) is 13.2 Å². The van der Waals surface area contributed by atoms with Crippen molar-refractivity contribution in [3.05, 3.63) is 28.9 Å². The molecule has 0 amide bonds. The van der Waals surface area contributed by atoms with Gasteiger partial charge in [-0.05, 0) is 17.5 Å². The maximum atomic E-state index is 13.4. The summed E-state index contributed by atoms with van der Waals surface area (Å²) < 4.78 is 38.2. The van der Waals surface area contributed by atoms with Gasteiger partial charge in [0.1, 0.15) is 0 Å². The largest absolute Gasteiger partial charge is 0.272 e. The van der Waals surface area contributed by atoms with E-state index < -0.39 is 12.2 Å². The molecule has 0 aliphatic heterocycles. The number of rotatable bonds is 1. The van der Waals surface area contributed by atoms with E-state index in [9.17, 15) is 13.2 Å². The highest BCUT2D eigenvalue weighted by atomic mass is 32.1. The molecule has 1 aromatic carbocycles. The van der Waals surface area contributed by atoms with Gasteiger partial charge in [-0.1, -0.05) is 6.07 Å². The number of thiol groups is 1. The summed E-state index contributed by atoms with van der Waals surface area (Å²) in [6.07, 6.45) is -2.55. The van der Waals surface area contributed by atoms with E-state index in [1.165, 1.54) is 12.1 Å². The molecule has 0 saturated heterocycles. The molecule has 0 aliphatic rings. The molecule has 1 heterocycles. The van der Waals surface area contributed by atoms with Crippen LogP contribution in [0.25, 0.3) is 10.1 Å². The van der Waals surface area contributed by atoms with Gasteiger partial charge in [-0.25, -0.2) is 13.2 Å². The summed E-state index contributed by atoms with van der Waals surface area (Å²) in [5.41, 5.74) is 0. The highest BCUT2D eigenvalue weighted by Gasteiger charge is 2.14. The van der Waals surface area contributed by atoms with Crippen molar-refractivity contribution in [2.24, 2.45) is 0 Å². The molecule has 0 unspecified atom stereocenters. The second-order valence-corrected chi connectivity index (χ2v) is 4.33. The Morgan fingerprint density at radius 2 is 2.00 bits per heavy atom. The van der Waals surface area contributed by atoms with Crippen LogP contribution in [-0.2, 0) is 0 Å². The summed E-state index contributed by atoms with van der Waals surface area (Å²) in [7, 11) is 0. The number of benzene rings is 1. The minimum atomic E-state index is -2.55. The quantitative estimate of drug-likeness (QED) is 0.700. The van der Waals surface area contributed by atoms with Crippen LogP contribution >= 0.6 is 24.0 Å². The van der Waals surface area contributed by atoms with Gasteiger partial charge in [0.2, 0.25) is 0 Å². The Hall–Kier alpha value is -0.680. The summed E-state index contributed by atoms with van der Waals surface area (Å²) in [6.45, 7) is 0. The molecule has 1 aromatic heterocycles. The van der Waals surface area contributed by atoms with Crippen LogP contribution in [0.1, 0.15) is 11.3 Å². The zero-order valence-corrected chi connectivity index (χ0v) is 8.51. The molecule has 0 saturated carbocycles. The van der Waals surface area contributed by atoms with Crippen LogP contribution < -0.4 is 0 Å². The lowest BCUT2D eigenvalue weighted by Gasteiger charge is -1.94. The van der Waals surface area contributed by atoms with Gasteiger partial charge < -0.3 is 0 Å². The Kier molecular flexibility index (Phi) is 2.45. The molecule has 0 fully saturated rings. The first-order chi connectivity index (χ1) is 6.59. The third-order valence-electron chi connectivity index (χ3n) is 1.84. The van der Waals surface area contributed by atoms with Crippen molar-refractivity contribution in [3.8, 4) is 0 Å². The van der Waals surface area contributed by atoms with Gasteiger partial charge in [0, 0.05) is 4.90 Å². The van der Waals surface area contributed by atoms with Gasteiger partial charge in [0.05, 0.1) is 9.58 Å². The molecule has 0 bridgehead atoms. The molecule has 0 spiro atoms. The van der Waals surface area contributed by atoms with Crippen molar-refractivity contribution in [2.75, 3.05) is 0 Å². The number of fused-ring (bicyclic) bond motifs is 1. The van der Waals surface area contributed by atoms with Gasteiger partial charge in [0.15, 0.2) is 5.82 Å². The summed E-state index contributed by atoms with van der Waals surface area (Å²) in [5.74, 6) is -0.525. The molecular weight excluding hydrogens is 229 g/mol. The lowest BCUT2D eigenvalue weighted by molar-refractivity contribution is 0.156. The molecule has 5 heteroatoms. The highest BCUT2D eigenvalue weighted by molar-refractivity contribution is 7.80. The monoisotopic (exact) mass is 234 g/mol. The molecule has 74 valence electrons. The average Bonchev–Trinajstić information content (AvgIpc) is 2.56. The van der Waals surface area contributed by atoms with Gasteiger partial charge in [-0.15, -0.1) is 24.0 Å². The fraction of sp³-hybridized carbons (Fsp3) is 0.111. The smallest absolute Gasteiger partial charge is 0.204 e. The van der Waals surface area contributed by atoms with Crippen molar-refractivity contribution in [1.82, 2.24) is 0 Å². The van der Waals surface area contributed by atoms with Crippen molar-refractivity contribution in [1.29, 1.82) is 0 Å². The first-order valence-electron chi connectivity index (χ1n) is 3.78. The standard InChI is InChI=1S/C9H5F3S2/c10-7-5(13)2-1-4-3-6(9(11)12)14-8(4)7/h1-3,9,13H. The van der Waals surface area contributed by atoms with E-state index in [-0.39, 0.29) is 14.5 Å². The number of hydrogen-bond acceptors (Lipinski definition) is 2. The predicted molar refractivity (Wildman–Crippen MR) is 54.0 cm³/mol. The van der Waals surface area contributed by atoms with Gasteiger partial charge in [-0.2, -0.15) is 0 Å². The number of halogens is 3. The zero-order chi connectivity index (χ0) is 10.3. The highest BCUT2D eigenvalue weighted by Crippen LogP contribution is 2.35. The number of thiophene rings is 1. The van der Waals surface area contributed by atoms with Crippen LogP contribution in [0, 0.1) is 5.82 Å². The summed E-state index contributed by atoms with van der Waals surface area (Å²) >= 11 is 4.65. The fourth-order valence-corrected chi connectivity index (χ4v) is 2.40. The number of alkyl halides is 2. The minimum Gasteiger partial charge on any atom is -0.204 e. The minimum absolute atomic E-state index is 0.113. The lowest BCUT2D eigenvalue weighted by atomic mass is 10.2. The van der Waals surface area contributed by atoms with E-state index in [1.54, 1.807) is 6.07 Å². The van der Waals surface area contributed by atoms with E-state index in [0.29, 0.717) is 5.39 Å². The van der Waals surface area contributed by atoms with Gasteiger partial charge >= 0.3 is 0 Å². The van der Waals surface area contributed by atoms with Crippen molar-refractivity contribution >= 4 is 34.1 Å². The van der Waals surface area contributed by atoms with E-state index in [4.69, 9.17) is 0 Å². The van der Waals surface area contributed by atoms with E-state index in [1.807, 2.05) is 0 Å². The van der Waals surface area contributed by atoms with Gasteiger partial charge in [-0.3, -0.25) is 0 Å². The Morgan fingerprint density at radius 1 is 1.29 bits per heavy atom. The number of hydrogen-bond donors (Lipinski definition) is 1. The summed E-state index contributed by atoms with van der Waals surface area (Å²) in [5, 5.41) is 0.501. The van der Waals surface area contributed by atoms with Crippen molar-refractivity contribution < 1.29 is 13.2 Å². The first-order valence-corrected chi connectivity index (χ1v) is 5.05. The van der Waals surface area contributed by atoms with Crippen LogP contribution in [0.3, 0.4) is 0 Å². The fourth-order valence-electron chi connectivity index (χ4n) is 1.19. The second kappa shape index (κ2) is 3.47. The van der Waals surface area contributed by atoms with Crippen LogP contribution in [0.5, 0.6) is 0 Å². The molecule has 2 rings (SSSR count). The molecule has 0 atom stereocenters. The molecule has 0 radical (unpaired) electrons. The maximum absolute atomic E-state index is 13.4. The second-order valence-electron chi connectivity index (χ2n) is 2.77. The summed E-state index contributed by atoms with van der Waals surface area (Å²) in [4.78, 5) is 0.0676. The van der Waals surface area contributed by atoms with Gasteiger partial charge in [0.25, 0.3) is 6.43 Å². The Balaban J connectivity index is 2.71. The maximum Gasteiger partial charge on any atom is 0.272 e. The average molecular weight is 234 g/mol. The topological polar surface area (TPSA) is 0 Å². The molecule has 0 nitrogen and oxygen atoms in total. The summed E-state index contributed by atoms with van der Waals surface area (Å²) in [6, 6.07) is 4.35. The van der Waals surface area contributed by atoms with E-state index >= 15 is 0 Å². The third kappa shape index (κ3) is 1.50. The van der Waals surface area contributed by atoms with Crippen LogP contribution in [0.15, 0.2) is 23.1 Å². The lowest BCUT2D eigenvalue weighted by Crippen LogP contribution is -1.75. The SMILES string of the molecule is Fc1c(S)ccc2cc(C(F)F)sc12. The van der Waals surface area contributed by atoms with Crippen LogP contribution in [0.2, 0.25) is 0 Å². The van der Waals surface area contributed by atoms with E-state index in [2.05, 4.69) is 12.6 Å². The molecule has 14 heavy (non-hydrogen) atoms.